The van der Waals surface area contributed by atoms with Crippen LogP contribution in [-0.4, -0.2) is 36.1 Å². The molecule has 0 atom stereocenters. The van der Waals surface area contributed by atoms with E-state index in [0.29, 0.717) is 29.7 Å². The fourth-order valence-electron chi connectivity index (χ4n) is 1.61. The van der Waals surface area contributed by atoms with Crippen LogP contribution in [0.15, 0.2) is 36.7 Å². The molecule has 0 spiro atoms. The third-order valence-corrected chi connectivity index (χ3v) is 2.96. The van der Waals surface area contributed by atoms with E-state index >= 15 is 0 Å². The highest BCUT2D eigenvalue weighted by Gasteiger charge is 2.08. The van der Waals surface area contributed by atoms with Gasteiger partial charge in [0.1, 0.15) is 17.8 Å². The molecule has 21 heavy (non-hydrogen) atoms. The molecule has 0 saturated heterocycles. The van der Waals surface area contributed by atoms with Crippen molar-refractivity contribution in [2.24, 2.45) is 0 Å². The van der Waals surface area contributed by atoms with Crippen LogP contribution in [0.5, 0.6) is 0 Å². The van der Waals surface area contributed by atoms with E-state index in [1.165, 1.54) is 6.33 Å². The molecule has 1 aromatic carbocycles. The van der Waals surface area contributed by atoms with Crippen LogP contribution in [-0.2, 0) is 4.74 Å². The van der Waals surface area contributed by atoms with Gasteiger partial charge in [0.2, 0.25) is 0 Å². The SMILES string of the molecule is COCCNC(=O)c1cc(Nc2ccccc2Cl)ncn1. The predicted molar refractivity (Wildman–Crippen MR) is 81.0 cm³/mol. The molecule has 2 rings (SSSR count). The molecule has 0 unspecified atom stereocenters. The van der Waals surface area contributed by atoms with Crippen molar-refractivity contribution < 1.29 is 9.53 Å². The number of nitrogens with zero attached hydrogens (tertiary/aromatic N) is 2. The maximum absolute atomic E-state index is 11.9. The highest BCUT2D eigenvalue weighted by atomic mass is 35.5. The summed E-state index contributed by atoms with van der Waals surface area (Å²) in [5.74, 6) is 0.214. The number of hydrogen-bond donors (Lipinski definition) is 2. The molecule has 0 saturated carbocycles. The number of aromatic nitrogens is 2. The Hall–Kier alpha value is -2.18. The fourth-order valence-corrected chi connectivity index (χ4v) is 1.79. The van der Waals surface area contributed by atoms with Crippen LogP contribution >= 0.6 is 11.6 Å². The predicted octanol–water partition coefficient (Wildman–Crippen LogP) is 2.25. The molecular weight excluding hydrogens is 292 g/mol. The molecule has 0 radical (unpaired) electrons. The number of carbonyl (C=O) groups is 1. The molecule has 1 heterocycles. The quantitative estimate of drug-likeness (QED) is 0.801. The lowest BCUT2D eigenvalue weighted by atomic mass is 10.3. The number of amides is 1. The standard InChI is InChI=1S/C14H15ClN4O2/c1-21-7-6-16-14(20)12-8-13(18-9-17-12)19-11-5-3-2-4-10(11)15/h2-5,8-9H,6-7H2,1H3,(H,16,20)(H,17,18,19). The smallest absolute Gasteiger partial charge is 0.270 e. The summed E-state index contributed by atoms with van der Waals surface area (Å²) in [6.45, 7) is 0.869. The second-order valence-corrected chi connectivity index (χ2v) is 4.55. The zero-order chi connectivity index (χ0) is 15.1. The zero-order valence-corrected chi connectivity index (χ0v) is 12.2. The molecule has 0 fully saturated rings. The van der Waals surface area contributed by atoms with Gasteiger partial charge in [0.05, 0.1) is 17.3 Å². The average molecular weight is 307 g/mol. The molecule has 2 aromatic rings. The summed E-state index contributed by atoms with van der Waals surface area (Å²) in [5.41, 5.74) is 0.985. The summed E-state index contributed by atoms with van der Waals surface area (Å²) in [4.78, 5) is 19.9. The van der Waals surface area contributed by atoms with E-state index in [4.69, 9.17) is 16.3 Å². The van der Waals surface area contributed by atoms with Crippen LogP contribution < -0.4 is 10.6 Å². The fraction of sp³-hybridized carbons (Fsp3) is 0.214. The molecule has 1 amide bonds. The molecule has 110 valence electrons. The Morgan fingerprint density at radius 1 is 1.33 bits per heavy atom. The molecular formula is C14H15ClN4O2. The number of rotatable bonds is 6. The van der Waals surface area contributed by atoms with E-state index in [1.807, 2.05) is 18.2 Å². The number of hydrogen-bond acceptors (Lipinski definition) is 5. The molecule has 0 bridgehead atoms. The molecule has 0 aliphatic rings. The molecule has 0 aliphatic carbocycles. The second kappa shape index (κ2) is 7.56. The van der Waals surface area contributed by atoms with Crippen LogP contribution in [0.2, 0.25) is 5.02 Å². The van der Waals surface area contributed by atoms with Gasteiger partial charge in [-0.15, -0.1) is 0 Å². The number of nitrogens with one attached hydrogen (secondary N) is 2. The number of benzene rings is 1. The molecule has 0 aliphatic heterocycles. The van der Waals surface area contributed by atoms with E-state index in [0.717, 1.165) is 0 Å². The third-order valence-electron chi connectivity index (χ3n) is 2.63. The van der Waals surface area contributed by atoms with Crippen LogP contribution in [0, 0.1) is 0 Å². The minimum absolute atomic E-state index is 0.274. The van der Waals surface area contributed by atoms with Gasteiger partial charge in [-0.05, 0) is 12.1 Å². The average Bonchev–Trinajstić information content (AvgIpc) is 2.50. The van der Waals surface area contributed by atoms with Gasteiger partial charge in [-0.2, -0.15) is 0 Å². The number of methoxy groups -OCH3 is 1. The summed E-state index contributed by atoms with van der Waals surface area (Å²) in [6, 6.07) is 8.84. The van der Waals surface area contributed by atoms with Crippen molar-refractivity contribution in [3.8, 4) is 0 Å². The molecule has 6 nitrogen and oxygen atoms in total. The second-order valence-electron chi connectivity index (χ2n) is 4.14. The monoisotopic (exact) mass is 306 g/mol. The minimum atomic E-state index is -0.281. The van der Waals surface area contributed by atoms with E-state index < -0.39 is 0 Å². The Bertz CT molecular complexity index is 621. The van der Waals surface area contributed by atoms with Gasteiger partial charge in [0, 0.05) is 19.7 Å². The van der Waals surface area contributed by atoms with Crippen molar-refractivity contribution in [3.05, 3.63) is 47.4 Å². The highest BCUT2D eigenvalue weighted by molar-refractivity contribution is 6.33. The molecule has 7 heteroatoms. The first kappa shape index (κ1) is 15.2. The Morgan fingerprint density at radius 2 is 2.14 bits per heavy atom. The Labute approximate surface area is 127 Å². The highest BCUT2D eigenvalue weighted by Crippen LogP contribution is 2.23. The summed E-state index contributed by atoms with van der Waals surface area (Å²) in [7, 11) is 1.57. The van der Waals surface area contributed by atoms with Gasteiger partial charge in [-0.1, -0.05) is 23.7 Å². The number of carbonyl (C=O) groups excluding carboxylic acids is 1. The van der Waals surface area contributed by atoms with Crippen LogP contribution in [0.1, 0.15) is 10.5 Å². The lowest BCUT2D eigenvalue weighted by molar-refractivity contribution is 0.0932. The topological polar surface area (TPSA) is 76.1 Å². The van der Waals surface area contributed by atoms with Gasteiger partial charge >= 0.3 is 0 Å². The van der Waals surface area contributed by atoms with Crippen molar-refractivity contribution >= 4 is 29.0 Å². The van der Waals surface area contributed by atoms with Crippen molar-refractivity contribution in [1.29, 1.82) is 0 Å². The van der Waals surface area contributed by atoms with E-state index in [2.05, 4.69) is 20.6 Å². The first-order valence-corrected chi connectivity index (χ1v) is 6.69. The van der Waals surface area contributed by atoms with Crippen LogP contribution in [0.4, 0.5) is 11.5 Å². The van der Waals surface area contributed by atoms with Crippen molar-refractivity contribution in [2.45, 2.75) is 0 Å². The first-order chi connectivity index (χ1) is 10.2. The van der Waals surface area contributed by atoms with Gasteiger partial charge in [0.25, 0.3) is 5.91 Å². The summed E-state index contributed by atoms with van der Waals surface area (Å²) in [5, 5.41) is 6.31. The Kier molecular flexibility index (Phi) is 5.48. The summed E-state index contributed by atoms with van der Waals surface area (Å²) < 4.78 is 4.87. The van der Waals surface area contributed by atoms with E-state index in [-0.39, 0.29) is 11.6 Å². The molecule has 2 N–H and O–H groups in total. The van der Waals surface area contributed by atoms with Gasteiger partial charge in [-0.3, -0.25) is 4.79 Å². The number of para-hydroxylation sites is 1. The minimum Gasteiger partial charge on any atom is -0.383 e. The number of ether oxygens (including phenoxy) is 1. The maximum Gasteiger partial charge on any atom is 0.270 e. The van der Waals surface area contributed by atoms with Crippen LogP contribution in [0.3, 0.4) is 0 Å². The maximum atomic E-state index is 11.9. The Balaban J connectivity index is 2.07. The third kappa shape index (κ3) is 4.40. The Morgan fingerprint density at radius 3 is 2.90 bits per heavy atom. The van der Waals surface area contributed by atoms with E-state index in [1.54, 1.807) is 19.2 Å². The van der Waals surface area contributed by atoms with Crippen molar-refractivity contribution in [3.63, 3.8) is 0 Å². The number of anilines is 2. The lowest BCUT2D eigenvalue weighted by Crippen LogP contribution is -2.27. The van der Waals surface area contributed by atoms with E-state index in [9.17, 15) is 4.79 Å². The van der Waals surface area contributed by atoms with Crippen molar-refractivity contribution in [2.75, 3.05) is 25.6 Å². The lowest BCUT2D eigenvalue weighted by Gasteiger charge is -2.08. The van der Waals surface area contributed by atoms with Gasteiger partial charge in [-0.25, -0.2) is 9.97 Å². The molecule has 1 aromatic heterocycles. The summed E-state index contributed by atoms with van der Waals surface area (Å²) >= 11 is 6.06. The van der Waals surface area contributed by atoms with Gasteiger partial charge in [0.15, 0.2) is 0 Å². The zero-order valence-electron chi connectivity index (χ0n) is 11.5. The first-order valence-electron chi connectivity index (χ1n) is 6.31. The summed E-state index contributed by atoms with van der Waals surface area (Å²) in [6.07, 6.45) is 1.32. The van der Waals surface area contributed by atoms with Crippen LogP contribution in [0.25, 0.3) is 0 Å². The largest absolute Gasteiger partial charge is 0.383 e. The normalized spacial score (nSPS) is 10.2. The van der Waals surface area contributed by atoms with Crippen molar-refractivity contribution in [1.82, 2.24) is 15.3 Å². The van der Waals surface area contributed by atoms with Gasteiger partial charge < -0.3 is 15.4 Å². The number of halogens is 1.